The summed E-state index contributed by atoms with van der Waals surface area (Å²) < 4.78 is 0.631. The van der Waals surface area contributed by atoms with Crippen LogP contribution in [0.25, 0.3) is 4.85 Å². The number of allylic oxidation sites excluding steroid dienone is 1. The topological polar surface area (TPSA) is 42.7 Å². The molecule has 3 nitrogen and oxygen atoms in total. The number of hydrogen-bond acceptors (Lipinski definition) is 2. The van der Waals surface area contributed by atoms with Crippen LogP contribution in [-0.4, -0.2) is 12.8 Å². The van der Waals surface area contributed by atoms with E-state index in [1.807, 2.05) is 6.92 Å². The van der Waals surface area contributed by atoms with Crippen LogP contribution in [0.15, 0.2) is 27.8 Å². The second-order valence-corrected chi connectivity index (χ2v) is 4.61. The van der Waals surface area contributed by atoms with Crippen LogP contribution in [0.2, 0.25) is 5.02 Å². The summed E-state index contributed by atoms with van der Waals surface area (Å²) in [6, 6.07) is 3.47. The Morgan fingerprint density at radius 3 is 2.71 bits per heavy atom. The van der Waals surface area contributed by atoms with Crippen molar-refractivity contribution in [2.45, 2.75) is 6.92 Å². The third kappa shape index (κ3) is 2.87. The van der Waals surface area contributed by atoms with Gasteiger partial charge >= 0.3 is 0 Å². The lowest BCUT2D eigenvalue weighted by molar-refractivity contribution is 1.41. The quantitative estimate of drug-likeness (QED) is 0.655. The van der Waals surface area contributed by atoms with Crippen molar-refractivity contribution in [3.05, 3.63) is 50.4 Å². The van der Waals surface area contributed by atoms with E-state index in [0.717, 1.165) is 5.56 Å². The van der Waals surface area contributed by atoms with Gasteiger partial charge in [-0.15, -0.1) is 0 Å². The van der Waals surface area contributed by atoms with E-state index >= 15 is 0 Å². The molecule has 1 aromatic carbocycles. The number of aliphatic imine (C=N–C) groups is 1. The highest BCUT2D eigenvalue weighted by Gasteiger charge is 2.14. The minimum Gasteiger partial charge on any atom is -0.404 e. The molecule has 1 aromatic rings. The Balaban J connectivity index is 3.56. The average Bonchev–Trinajstić information content (AvgIpc) is 2.29. The first kappa shape index (κ1) is 13.8. The van der Waals surface area contributed by atoms with E-state index in [4.69, 9.17) is 23.9 Å². The lowest BCUT2D eigenvalue weighted by Crippen LogP contribution is -2.04. The molecule has 0 aromatic heterocycles. The first-order chi connectivity index (χ1) is 8.04. The van der Waals surface area contributed by atoms with Crippen LogP contribution < -0.4 is 5.73 Å². The highest BCUT2D eigenvalue weighted by atomic mass is 79.9. The second-order valence-electron chi connectivity index (χ2n) is 3.32. The van der Waals surface area contributed by atoms with Crippen molar-refractivity contribution in [1.29, 1.82) is 0 Å². The van der Waals surface area contributed by atoms with Crippen LogP contribution >= 0.6 is 27.5 Å². The molecule has 0 saturated heterocycles. The second kappa shape index (κ2) is 5.85. The zero-order chi connectivity index (χ0) is 13.0. The van der Waals surface area contributed by atoms with Gasteiger partial charge in [-0.2, -0.15) is 0 Å². The molecule has 5 heteroatoms. The number of rotatable bonds is 2. The fourth-order valence-corrected chi connectivity index (χ4v) is 2.16. The molecule has 2 N–H and O–H groups in total. The zero-order valence-electron chi connectivity index (χ0n) is 9.46. The lowest BCUT2D eigenvalue weighted by Gasteiger charge is -2.10. The SMILES string of the molecule is [C-]#[N+]c1c(C)cc(Cl)cc1C(=NC)C(Br)=CN. The van der Waals surface area contributed by atoms with E-state index < -0.39 is 0 Å². The van der Waals surface area contributed by atoms with Crippen molar-refractivity contribution >= 4 is 38.9 Å². The molecule has 0 aliphatic carbocycles. The van der Waals surface area contributed by atoms with Gasteiger partial charge < -0.3 is 5.73 Å². The summed E-state index contributed by atoms with van der Waals surface area (Å²) in [5.74, 6) is 0. The summed E-state index contributed by atoms with van der Waals surface area (Å²) in [7, 11) is 1.64. The maximum absolute atomic E-state index is 7.22. The molecule has 88 valence electrons. The largest absolute Gasteiger partial charge is 0.404 e. The summed E-state index contributed by atoms with van der Waals surface area (Å²) in [6.07, 6.45) is 1.40. The Bertz CT molecular complexity index is 541. The number of benzene rings is 1. The van der Waals surface area contributed by atoms with Gasteiger partial charge in [-0.25, -0.2) is 4.85 Å². The first-order valence-electron chi connectivity index (χ1n) is 4.77. The molecule has 0 aliphatic heterocycles. The average molecular weight is 313 g/mol. The molecule has 0 heterocycles. The van der Waals surface area contributed by atoms with Gasteiger partial charge in [-0.1, -0.05) is 17.7 Å². The number of halogens is 2. The molecule has 0 amide bonds. The maximum Gasteiger partial charge on any atom is 0.199 e. The predicted molar refractivity (Wildman–Crippen MR) is 76.1 cm³/mol. The fourth-order valence-electron chi connectivity index (χ4n) is 1.50. The van der Waals surface area contributed by atoms with Crippen molar-refractivity contribution in [2.24, 2.45) is 10.7 Å². The van der Waals surface area contributed by atoms with E-state index in [9.17, 15) is 0 Å². The van der Waals surface area contributed by atoms with Gasteiger partial charge in [-0.05, 0) is 34.5 Å². The number of aryl methyl sites for hydroxylation is 1. The number of nitrogens with zero attached hydrogens (tertiary/aromatic N) is 2. The first-order valence-corrected chi connectivity index (χ1v) is 5.94. The summed E-state index contributed by atoms with van der Waals surface area (Å²) >= 11 is 9.32. The zero-order valence-corrected chi connectivity index (χ0v) is 11.8. The van der Waals surface area contributed by atoms with Gasteiger partial charge in [0.2, 0.25) is 0 Å². The maximum atomic E-state index is 7.22. The Morgan fingerprint density at radius 2 is 2.24 bits per heavy atom. The van der Waals surface area contributed by atoms with Crippen LogP contribution in [0, 0.1) is 13.5 Å². The smallest absolute Gasteiger partial charge is 0.199 e. The molecule has 0 spiro atoms. The predicted octanol–water partition coefficient (Wildman–Crippen LogP) is 3.81. The van der Waals surface area contributed by atoms with E-state index in [0.29, 0.717) is 26.5 Å². The summed E-state index contributed by atoms with van der Waals surface area (Å²) in [6.45, 7) is 9.07. The van der Waals surface area contributed by atoms with Crippen LogP contribution in [0.4, 0.5) is 5.69 Å². The molecule has 0 aliphatic rings. The van der Waals surface area contributed by atoms with Gasteiger partial charge in [-0.3, -0.25) is 4.99 Å². The van der Waals surface area contributed by atoms with Crippen LogP contribution in [0.1, 0.15) is 11.1 Å². The van der Waals surface area contributed by atoms with Gasteiger partial charge in [0.1, 0.15) is 0 Å². The molecule has 0 radical (unpaired) electrons. The van der Waals surface area contributed by atoms with Crippen molar-refractivity contribution < 1.29 is 0 Å². The molecule has 0 saturated carbocycles. The Hall–Kier alpha value is -1.31. The normalized spacial score (nSPS) is 12.4. The molecule has 0 unspecified atom stereocenters. The van der Waals surface area contributed by atoms with Gasteiger partial charge in [0, 0.05) is 23.8 Å². The third-order valence-corrected chi connectivity index (χ3v) is 3.09. The van der Waals surface area contributed by atoms with Crippen LogP contribution in [-0.2, 0) is 0 Å². The van der Waals surface area contributed by atoms with E-state index in [1.54, 1.807) is 19.2 Å². The summed E-state index contributed by atoms with van der Waals surface area (Å²) in [5, 5.41) is 0.573. The Morgan fingerprint density at radius 1 is 1.59 bits per heavy atom. The highest BCUT2D eigenvalue weighted by Crippen LogP contribution is 2.31. The van der Waals surface area contributed by atoms with E-state index in [1.165, 1.54) is 6.20 Å². The lowest BCUT2D eigenvalue weighted by atomic mass is 10.0. The minimum absolute atomic E-state index is 0.536. The number of nitrogens with two attached hydrogens (primary N) is 1. The van der Waals surface area contributed by atoms with E-state index in [2.05, 4.69) is 25.8 Å². The van der Waals surface area contributed by atoms with Gasteiger partial charge in [0.25, 0.3) is 0 Å². The minimum atomic E-state index is 0.536. The summed E-state index contributed by atoms with van der Waals surface area (Å²) in [4.78, 5) is 7.66. The molecule has 1 rings (SSSR count). The van der Waals surface area contributed by atoms with Crippen molar-refractivity contribution in [2.75, 3.05) is 7.05 Å². The third-order valence-electron chi connectivity index (χ3n) is 2.23. The molecule has 0 atom stereocenters. The highest BCUT2D eigenvalue weighted by molar-refractivity contribution is 9.12. The van der Waals surface area contributed by atoms with Crippen molar-refractivity contribution in [3.63, 3.8) is 0 Å². The summed E-state index contributed by atoms with van der Waals surface area (Å²) in [5.41, 5.74) is 8.11. The van der Waals surface area contributed by atoms with E-state index in [-0.39, 0.29) is 0 Å². The van der Waals surface area contributed by atoms with Crippen LogP contribution in [0.3, 0.4) is 0 Å². The van der Waals surface area contributed by atoms with Crippen LogP contribution in [0.5, 0.6) is 0 Å². The van der Waals surface area contributed by atoms with Gasteiger partial charge in [0.15, 0.2) is 5.69 Å². The number of hydrogen-bond donors (Lipinski definition) is 1. The monoisotopic (exact) mass is 311 g/mol. The molecular weight excluding hydrogens is 302 g/mol. The standard InChI is InChI=1S/C12H11BrClN3/c1-7-4-8(14)5-9(11(7)16-2)12(17-3)10(13)6-15/h4-6H,15H2,1,3H3. The Labute approximate surface area is 114 Å². The Kier molecular flexibility index (Phi) is 4.73. The molecule has 0 bridgehead atoms. The fraction of sp³-hybridized carbons (Fsp3) is 0.167. The van der Waals surface area contributed by atoms with Crippen molar-refractivity contribution in [1.82, 2.24) is 0 Å². The molecule has 0 fully saturated rings. The molecular formula is C12H11BrClN3. The van der Waals surface area contributed by atoms with Crippen molar-refractivity contribution in [3.8, 4) is 0 Å². The van der Waals surface area contributed by atoms with Gasteiger partial charge in [0.05, 0.1) is 16.8 Å². The molecule has 17 heavy (non-hydrogen) atoms.